The van der Waals surface area contributed by atoms with Gasteiger partial charge in [-0.05, 0) is 61.7 Å². The smallest absolute Gasteiger partial charge is 0.180 e. The topological polar surface area (TPSA) is 46.3 Å². The zero-order valence-electron chi connectivity index (χ0n) is 18.6. The molecule has 32 heavy (non-hydrogen) atoms. The van der Waals surface area contributed by atoms with Crippen molar-refractivity contribution in [3.8, 4) is 11.5 Å². The summed E-state index contributed by atoms with van der Waals surface area (Å²) in [4.78, 5) is 3.33. The molecule has 0 atom stereocenters. The van der Waals surface area contributed by atoms with Crippen LogP contribution in [-0.2, 0) is 19.6 Å². The van der Waals surface area contributed by atoms with Crippen LogP contribution in [0.15, 0.2) is 66.9 Å². The molecule has 0 saturated heterocycles. The van der Waals surface area contributed by atoms with Crippen molar-refractivity contribution in [3.05, 3.63) is 94.1 Å². The molecular formula is C27H29ClN2O2. The van der Waals surface area contributed by atoms with E-state index in [9.17, 15) is 0 Å². The van der Waals surface area contributed by atoms with E-state index >= 15 is 0 Å². The fourth-order valence-corrected chi connectivity index (χ4v) is 4.05. The summed E-state index contributed by atoms with van der Waals surface area (Å²) in [6.07, 6.45) is 3.05. The lowest BCUT2D eigenvalue weighted by Gasteiger charge is -2.16. The molecule has 0 bridgehead atoms. The Morgan fingerprint density at radius 2 is 1.78 bits per heavy atom. The molecule has 1 aromatic heterocycles. The monoisotopic (exact) mass is 448 g/mol. The number of rotatable bonds is 10. The molecule has 0 amide bonds. The van der Waals surface area contributed by atoms with Gasteiger partial charge in [0.05, 0.1) is 11.6 Å². The third-order valence-electron chi connectivity index (χ3n) is 5.45. The number of H-pyrrole nitrogens is 1. The lowest BCUT2D eigenvalue weighted by Crippen LogP contribution is -2.16. The highest BCUT2D eigenvalue weighted by molar-refractivity contribution is 6.32. The average Bonchev–Trinajstić information content (AvgIpc) is 3.21. The number of para-hydroxylation sites is 1. The highest BCUT2D eigenvalue weighted by atomic mass is 35.5. The molecule has 2 N–H and O–H groups in total. The minimum Gasteiger partial charge on any atom is -0.490 e. The lowest BCUT2D eigenvalue weighted by molar-refractivity contribution is 0.269. The van der Waals surface area contributed by atoms with Crippen molar-refractivity contribution in [1.82, 2.24) is 10.3 Å². The van der Waals surface area contributed by atoms with Gasteiger partial charge in [-0.15, -0.1) is 0 Å². The van der Waals surface area contributed by atoms with E-state index in [1.54, 1.807) is 0 Å². The maximum Gasteiger partial charge on any atom is 0.180 e. The van der Waals surface area contributed by atoms with Crippen LogP contribution in [0.3, 0.4) is 0 Å². The van der Waals surface area contributed by atoms with E-state index in [1.807, 2.05) is 19.1 Å². The number of hydrogen-bond donors (Lipinski definition) is 2. The molecule has 3 aromatic carbocycles. The fraction of sp³-hybridized carbons (Fsp3) is 0.259. The van der Waals surface area contributed by atoms with Gasteiger partial charge in [0.1, 0.15) is 6.61 Å². The van der Waals surface area contributed by atoms with Gasteiger partial charge in [0.2, 0.25) is 0 Å². The van der Waals surface area contributed by atoms with Gasteiger partial charge in [-0.1, -0.05) is 59.6 Å². The molecule has 0 aliphatic heterocycles. The second-order valence-corrected chi connectivity index (χ2v) is 8.31. The van der Waals surface area contributed by atoms with Gasteiger partial charge < -0.3 is 19.8 Å². The summed E-state index contributed by atoms with van der Waals surface area (Å²) in [7, 11) is 0. The summed E-state index contributed by atoms with van der Waals surface area (Å²) in [6, 6.07) is 20.6. The molecule has 4 nitrogen and oxygen atoms in total. The van der Waals surface area contributed by atoms with Crippen molar-refractivity contribution in [1.29, 1.82) is 0 Å². The predicted molar refractivity (Wildman–Crippen MR) is 132 cm³/mol. The van der Waals surface area contributed by atoms with Crippen molar-refractivity contribution in [3.63, 3.8) is 0 Å². The second kappa shape index (κ2) is 10.6. The first kappa shape index (κ1) is 22.3. The third kappa shape index (κ3) is 5.45. The van der Waals surface area contributed by atoms with Gasteiger partial charge in [0, 0.05) is 23.6 Å². The predicted octanol–water partition coefficient (Wildman–Crippen LogP) is 6.44. The Bertz CT molecular complexity index is 1170. The summed E-state index contributed by atoms with van der Waals surface area (Å²) in [5, 5.41) is 5.36. The average molecular weight is 449 g/mol. The number of fused-ring (bicyclic) bond motifs is 1. The van der Waals surface area contributed by atoms with Crippen LogP contribution in [0.4, 0.5) is 0 Å². The van der Waals surface area contributed by atoms with Crippen molar-refractivity contribution in [2.75, 3.05) is 13.2 Å². The van der Waals surface area contributed by atoms with Crippen LogP contribution >= 0.6 is 11.6 Å². The van der Waals surface area contributed by atoms with Crippen LogP contribution in [0.2, 0.25) is 5.02 Å². The van der Waals surface area contributed by atoms with Gasteiger partial charge in [0.25, 0.3) is 0 Å². The molecular weight excluding hydrogens is 420 g/mol. The summed E-state index contributed by atoms with van der Waals surface area (Å²) >= 11 is 6.58. The Morgan fingerprint density at radius 3 is 2.59 bits per heavy atom. The Hall–Kier alpha value is -2.95. The van der Waals surface area contributed by atoms with Gasteiger partial charge in [-0.2, -0.15) is 0 Å². The standard InChI is InChI=1S/C27H29ClN2O2/c1-3-31-26-15-21(14-24(28)27(26)32-18-20-10-8-19(2)9-11-20)16-29-13-12-22-17-30-25-7-5-4-6-23(22)25/h4-11,14-15,17,29-30H,3,12-13,16,18H2,1-2H3. The SMILES string of the molecule is CCOc1cc(CNCCc2c[nH]c3ccccc23)cc(Cl)c1OCc1ccc(C)cc1. The Kier molecular flexibility index (Phi) is 7.35. The van der Waals surface area contributed by atoms with Crippen molar-refractivity contribution in [2.24, 2.45) is 0 Å². The molecule has 0 aliphatic carbocycles. The van der Waals surface area contributed by atoms with Crippen LogP contribution in [0.25, 0.3) is 10.9 Å². The van der Waals surface area contributed by atoms with Crippen LogP contribution in [0, 0.1) is 6.92 Å². The summed E-state index contributed by atoms with van der Waals surface area (Å²) in [6.45, 7) is 6.61. The lowest BCUT2D eigenvalue weighted by atomic mass is 10.1. The third-order valence-corrected chi connectivity index (χ3v) is 5.73. The Balaban J connectivity index is 1.37. The van der Waals surface area contributed by atoms with E-state index in [0.29, 0.717) is 36.3 Å². The molecule has 0 radical (unpaired) electrons. The first-order valence-electron chi connectivity index (χ1n) is 11.0. The number of aryl methyl sites for hydroxylation is 1. The first-order valence-corrected chi connectivity index (χ1v) is 11.4. The van der Waals surface area contributed by atoms with E-state index in [1.165, 1.54) is 22.0 Å². The summed E-state index contributed by atoms with van der Waals surface area (Å²) < 4.78 is 11.9. The number of ether oxygens (including phenoxy) is 2. The molecule has 0 fully saturated rings. The summed E-state index contributed by atoms with van der Waals surface area (Å²) in [5.41, 5.74) is 5.89. The molecule has 4 rings (SSSR count). The number of aromatic amines is 1. The van der Waals surface area contributed by atoms with Crippen LogP contribution in [0.1, 0.15) is 29.2 Å². The van der Waals surface area contributed by atoms with Crippen LogP contribution in [0.5, 0.6) is 11.5 Å². The quantitative estimate of drug-likeness (QED) is 0.274. The number of hydrogen-bond acceptors (Lipinski definition) is 3. The minimum atomic E-state index is 0.447. The number of benzene rings is 3. The largest absolute Gasteiger partial charge is 0.490 e. The first-order chi connectivity index (χ1) is 15.6. The van der Waals surface area contributed by atoms with Crippen molar-refractivity contribution < 1.29 is 9.47 Å². The van der Waals surface area contributed by atoms with E-state index in [0.717, 1.165) is 24.1 Å². The molecule has 166 valence electrons. The van der Waals surface area contributed by atoms with Crippen LogP contribution < -0.4 is 14.8 Å². The van der Waals surface area contributed by atoms with Gasteiger partial charge in [0.15, 0.2) is 11.5 Å². The molecule has 1 heterocycles. The van der Waals surface area contributed by atoms with Crippen LogP contribution in [-0.4, -0.2) is 18.1 Å². The Morgan fingerprint density at radius 1 is 0.969 bits per heavy atom. The number of halogens is 1. The molecule has 0 unspecified atom stereocenters. The normalized spacial score (nSPS) is 11.1. The van der Waals surface area contributed by atoms with E-state index < -0.39 is 0 Å². The van der Waals surface area contributed by atoms with E-state index in [2.05, 4.69) is 72.0 Å². The van der Waals surface area contributed by atoms with Crippen molar-refractivity contribution >= 4 is 22.5 Å². The van der Waals surface area contributed by atoms with Gasteiger partial charge in [-0.25, -0.2) is 0 Å². The molecule has 0 aliphatic rings. The number of aromatic nitrogens is 1. The summed E-state index contributed by atoms with van der Waals surface area (Å²) in [5.74, 6) is 1.28. The molecule has 4 aromatic rings. The zero-order valence-corrected chi connectivity index (χ0v) is 19.3. The zero-order chi connectivity index (χ0) is 22.3. The highest BCUT2D eigenvalue weighted by Gasteiger charge is 2.13. The molecule has 5 heteroatoms. The van der Waals surface area contributed by atoms with Gasteiger partial charge >= 0.3 is 0 Å². The maximum atomic E-state index is 6.58. The second-order valence-electron chi connectivity index (χ2n) is 7.90. The minimum absolute atomic E-state index is 0.447. The number of nitrogens with one attached hydrogen (secondary N) is 2. The highest BCUT2D eigenvalue weighted by Crippen LogP contribution is 2.37. The molecule has 0 spiro atoms. The fourth-order valence-electron chi connectivity index (χ4n) is 3.76. The maximum absolute atomic E-state index is 6.58. The van der Waals surface area contributed by atoms with E-state index in [4.69, 9.17) is 21.1 Å². The molecule has 0 saturated carbocycles. The van der Waals surface area contributed by atoms with E-state index in [-0.39, 0.29) is 0 Å². The Labute approximate surface area is 194 Å². The van der Waals surface area contributed by atoms with Gasteiger partial charge in [-0.3, -0.25) is 0 Å². The van der Waals surface area contributed by atoms with Crippen molar-refractivity contribution in [2.45, 2.75) is 33.4 Å².